The van der Waals surface area contributed by atoms with E-state index in [9.17, 15) is 4.79 Å². The summed E-state index contributed by atoms with van der Waals surface area (Å²) >= 11 is 1.57. The lowest BCUT2D eigenvalue weighted by atomic mass is 10.4. The van der Waals surface area contributed by atoms with Gasteiger partial charge in [-0.1, -0.05) is 0 Å². The Kier molecular flexibility index (Phi) is 2.77. The SMILES string of the molecule is NC(=O)Cn1ccnc1Cc1nccs1. The first-order chi connectivity index (χ1) is 7.25. The normalized spacial score (nSPS) is 10.4. The highest BCUT2D eigenvalue weighted by Crippen LogP contribution is 2.10. The predicted molar refractivity (Wildman–Crippen MR) is 56.3 cm³/mol. The molecule has 2 rings (SSSR count). The number of rotatable bonds is 4. The molecule has 15 heavy (non-hydrogen) atoms. The fourth-order valence-electron chi connectivity index (χ4n) is 1.29. The zero-order valence-electron chi connectivity index (χ0n) is 7.96. The Labute approximate surface area is 90.6 Å². The third-order valence-corrected chi connectivity index (χ3v) is 2.70. The highest BCUT2D eigenvalue weighted by Gasteiger charge is 2.07. The maximum Gasteiger partial charge on any atom is 0.237 e. The molecule has 0 aliphatic carbocycles. The summed E-state index contributed by atoms with van der Waals surface area (Å²) < 4.78 is 1.74. The smallest absolute Gasteiger partial charge is 0.237 e. The average Bonchev–Trinajstić information content (AvgIpc) is 2.78. The first-order valence-corrected chi connectivity index (χ1v) is 5.30. The van der Waals surface area contributed by atoms with Crippen LogP contribution in [0.4, 0.5) is 0 Å². The second-order valence-corrected chi connectivity index (χ2v) is 4.02. The van der Waals surface area contributed by atoms with E-state index in [0.29, 0.717) is 6.42 Å². The van der Waals surface area contributed by atoms with Gasteiger partial charge in [0.15, 0.2) is 0 Å². The van der Waals surface area contributed by atoms with E-state index in [0.717, 1.165) is 10.8 Å². The molecule has 2 heterocycles. The largest absolute Gasteiger partial charge is 0.368 e. The second kappa shape index (κ2) is 4.22. The molecule has 5 nitrogen and oxygen atoms in total. The standard InChI is InChI=1S/C9H10N4OS/c10-7(14)6-13-3-1-11-8(13)5-9-12-2-4-15-9/h1-4H,5-6H2,(H2,10,14). The highest BCUT2D eigenvalue weighted by atomic mass is 32.1. The third kappa shape index (κ3) is 2.41. The molecule has 6 heteroatoms. The number of carbonyl (C=O) groups is 1. The minimum Gasteiger partial charge on any atom is -0.368 e. The van der Waals surface area contributed by atoms with E-state index in [1.54, 1.807) is 34.5 Å². The summed E-state index contributed by atoms with van der Waals surface area (Å²) in [4.78, 5) is 19.1. The van der Waals surface area contributed by atoms with Gasteiger partial charge in [0.2, 0.25) is 5.91 Å². The van der Waals surface area contributed by atoms with Gasteiger partial charge in [-0.15, -0.1) is 11.3 Å². The minimum absolute atomic E-state index is 0.167. The van der Waals surface area contributed by atoms with Crippen LogP contribution in [0.15, 0.2) is 24.0 Å². The number of hydrogen-bond acceptors (Lipinski definition) is 4. The van der Waals surface area contributed by atoms with E-state index in [2.05, 4.69) is 9.97 Å². The van der Waals surface area contributed by atoms with Gasteiger partial charge in [0.25, 0.3) is 0 Å². The number of nitrogens with two attached hydrogens (primary N) is 1. The summed E-state index contributed by atoms with van der Waals surface area (Å²) in [6, 6.07) is 0. The number of hydrogen-bond donors (Lipinski definition) is 1. The Morgan fingerprint density at radius 1 is 1.47 bits per heavy atom. The molecular formula is C9H10N4OS. The van der Waals surface area contributed by atoms with Gasteiger partial charge in [-0.05, 0) is 0 Å². The van der Waals surface area contributed by atoms with Crippen molar-refractivity contribution in [1.82, 2.24) is 14.5 Å². The zero-order valence-corrected chi connectivity index (χ0v) is 8.78. The number of nitrogens with zero attached hydrogens (tertiary/aromatic N) is 3. The number of carbonyl (C=O) groups excluding carboxylic acids is 1. The molecule has 0 spiro atoms. The van der Waals surface area contributed by atoms with E-state index < -0.39 is 0 Å². The molecule has 1 amide bonds. The Hall–Kier alpha value is -1.69. The van der Waals surface area contributed by atoms with Gasteiger partial charge >= 0.3 is 0 Å². The van der Waals surface area contributed by atoms with Crippen molar-refractivity contribution in [3.05, 3.63) is 34.8 Å². The molecule has 0 atom stereocenters. The molecule has 0 aliphatic rings. The molecule has 0 radical (unpaired) electrons. The van der Waals surface area contributed by atoms with Crippen molar-refractivity contribution in [3.8, 4) is 0 Å². The quantitative estimate of drug-likeness (QED) is 0.814. The molecule has 0 fully saturated rings. The first kappa shape index (κ1) is 9.85. The summed E-state index contributed by atoms with van der Waals surface area (Å²) in [5, 5.41) is 2.89. The Morgan fingerprint density at radius 2 is 2.33 bits per heavy atom. The Morgan fingerprint density at radius 3 is 3.00 bits per heavy atom. The van der Waals surface area contributed by atoms with Gasteiger partial charge in [0.1, 0.15) is 12.4 Å². The molecule has 0 bridgehead atoms. The minimum atomic E-state index is -0.367. The maximum absolute atomic E-state index is 10.8. The molecule has 0 unspecified atom stereocenters. The lowest BCUT2D eigenvalue weighted by Crippen LogP contribution is -2.19. The molecule has 0 saturated carbocycles. The number of imidazole rings is 1. The van der Waals surface area contributed by atoms with Crippen LogP contribution in [-0.4, -0.2) is 20.4 Å². The molecule has 2 aromatic heterocycles. The van der Waals surface area contributed by atoms with Crippen molar-refractivity contribution in [3.63, 3.8) is 0 Å². The molecule has 0 aromatic carbocycles. The molecule has 78 valence electrons. The Balaban J connectivity index is 2.14. The lowest BCUT2D eigenvalue weighted by Gasteiger charge is -2.03. The first-order valence-electron chi connectivity index (χ1n) is 4.42. The van der Waals surface area contributed by atoms with Crippen molar-refractivity contribution in [1.29, 1.82) is 0 Å². The van der Waals surface area contributed by atoms with Crippen LogP contribution in [0.3, 0.4) is 0 Å². The molecule has 2 aromatic rings. The van der Waals surface area contributed by atoms with Crippen molar-refractivity contribution < 1.29 is 4.79 Å². The second-order valence-electron chi connectivity index (χ2n) is 3.04. The van der Waals surface area contributed by atoms with Crippen LogP contribution in [0.25, 0.3) is 0 Å². The Bertz CT molecular complexity index is 448. The summed E-state index contributed by atoms with van der Waals surface area (Å²) in [5.74, 6) is 0.442. The van der Waals surface area contributed by atoms with Crippen LogP contribution in [0.1, 0.15) is 10.8 Å². The average molecular weight is 222 g/mol. The van der Waals surface area contributed by atoms with E-state index in [1.807, 2.05) is 5.38 Å². The molecule has 2 N–H and O–H groups in total. The monoisotopic (exact) mass is 222 g/mol. The van der Waals surface area contributed by atoms with Crippen molar-refractivity contribution in [2.24, 2.45) is 5.73 Å². The number of primary amides is 1. The van der Waals surface area contributed by atoms with Crippen LogP contribution in [0.5, 0.6) is 0 Å². The van der Waals surface area contributed by atoms with E-state index in [4.69, 9.17) is 5.73 Å². The number of thiazole rings is 1. The molecule has 0 aliphatic heterocycles. The van der Waals surface area contributed by atoms with Crippen LogP contribution in [0, 0.1) is 0 Å². The van der Waals surface area contributed by atoms with Gasteiger partial charge in [0.05, 0.1) is 11.4 Å². The summed E-state index contributed by atoms with van der Waals surface area (Å²) in [6.07, 6.45) is 5.79. The third-order valence-electron chi connectivity index (χ3n) is 1.92. The van der Waals surface area contributed by atoms with Crippen molar-refractivity contribution >= 4 is 17.2 Å². The zero-order chi connectivity index (χ0) is 10.7. The van der Waals surface area contributed by atoms with E-state index in [-0.39, 0.29) is 12.5 Å². The van der Waals surface area contributed by atoms with Gasteiger partial charge in [0, 0.05) is 24.0 Å². The highest BCUT2D eigenvalue weighted by molar-refractivity contribution is 7.09. The van der Waals surface area contributed by atoms with Crippen LogP contribution >= 0.6 is 11.3 Å². The van der Waals surface area contributed by atoms with E-state index >= 15 is 0 Å². The van der Waals surface area contributed by atoms with Crippen LogP contribution < -0.4 is 5.73 Å². The number of amides is 1. The van der Waals surface area contributed by atoms with Crippen molar-refractivity contribution in [2.75, 3.05) is 0 Å². The van der Waals surface area contributed by atoms with Gasteiger partial charge in [-0.25, -0.2) is 9.97 Å². The summed E-state index contributed by atoms with van der Waals surface area (Å²) in [7, 11) is 0. The van der Waals surface area contributed by atoms with Gasteiger partial charge < -0.3 is 10.3 Å². The van der Waals surface area contributed by atoms with Crippen LogP contribution in [0.2, 0.25) is 0 Å². The molecular weight excluding hydrogens is 212 g/mol. The van der Waals surface area contributed by atoms with Gasteiger partial charge in [-0.2, -0.15) is 0 Å². The predicted octanol–water partition coefficient (Wildman–Crippen LogP) is 0.416. The summed E-state index contributed by atoms with van der Waals surface area (Å²) in [6.45, 7) is 0.167. The topological polar surface area (TPSA) is 73.8 Å². The summed E-state index contributed by atoms with van der Waals surface area (Å²) in [5.41, 5.74) is 5.13. The van der Waals surface area contributed by atoms with E-state index in [1.165, 1.54) is 0 Å². The fourth-order valence-corrected chi connectivity index (χ4v) is 1.91. The molecule has 0 saturated heterocycles. The maximum atomic E-state index is 10.8. The van der Waals surface area contributed by atoms with Crippen LogP contribution in [-0.2, 0) is 17.8 Å². The fraction of sp³-hybridized carbons (Fsp3) is 0.222. The number of aromatic nitrogens is 3. The van der Waals surface area contributed by atoms with Gasteiger partial charge in [-0.3, -0.25) is 4.79 Å². The van der Waals surface area contributed by atoms with Crippen molar-refractivity contribution in [2.45, 2.75) is 13.0 Å². The lowest BCUT2D eigenvalue weighted by molar-refractivity contribution is -0.118.